The minimum Gasteiger partial charge on any atom is -0.391 e. The van der Waals surface area contributed by atoms with Crippen LogP contribution in [0.4, 0.5) is 11.8 Å². The Hall–Kier alpha value is -2.15. The lowest BCUT2D eigenvalue weighted by atomic mass is 9.93. The maximum atomic E-state index is 9.97. The molecule has 0 spiro atoms. The summed E-state index contributed by atoms with van der Waals surface area (Å²) in [6.45, 7) is 7.76. The zero-order chi connectivity index (χ0) is 18.8. The predicted octanol–water partition coefficient (Wildman–Crippen LogP) is 2.63. The van der Waals surface area contributed by atoms with E-state index >= 15 is 0 Å². The molecule has 0 aromatic carbocycles. The Morgan fingerprint density at radius 1 is 1.26 bits per heavy atom. The van der Waals surface area contributed by atoms with Crippen molar-refractivity contribution in [3.63, 3.8) is 0 Å². The molecule has 7 nitrogen and oxygen atoms in total. The Kier molecular flexibility index (Phi) is 5.29. The number of aliphatic hydroxyl groups is 1. The molecule has 0 amide bonds. The molecule has 2 aliphatic rings. The molecule has 4 rings (SSSR count). The second kappa shape index (κ2) is 7.84. The number of rotatable bonds is 5. The molecule has 0 bridgehead atoms. The van der Waals surface area contributed by atoms with Crippen molar-refractivity contribution < 1.29 is 5.11 Å². The number of H-pyrrole nitrogens is 1. The Balaban J connectivity index is 1.55. The highest BCUT2D eigenvalue weighted by Gasteiger charge is 2.27. The van der Waals surface area contributed by atoms with E-state index in [2.05, 4.69) is 38.8 Å². The SMILES string of the molecule is CCC(CC)c1n[nH]c2c1CN(c1nccc(N3CCCC(O)C3)n1)CC2. The van der Waals surface area contributed by atoms with Gasteiger partial charge in [-0.25, -0.2) is 4.98 Å². The predicted molar refractivity (Wildman–Crippen MR) is 106 cm³/mol. The van der Waals surface area contributed by atoms with Crippen LogP contribution in [0.5, 0.6) is 0 Å². The van der Waals surface area contributed by atoms with E-state index in [1.54, 1.807) is 0 Å². The van der Waals surface area contributed by atoms with Crippen molar-refractivity contribution in [2.45, 2.75) is 64.5 Å². The van der Waals surface area contributed by atoms with Crippen LogP contribution in [-0.4, -0.2) is 51.0 Å². The van der Waals surface area contributed by atoms with Gasteiger partial charge in [0.15, 0.2) is 0 Å². The van der Waals surface area contributed by atoms with Gasteiger partial charge in [0.05, 0.1) is 11.8 Å². The van der Waals surface area contributed by atoms with Gasteiger partial charge in [0, 0.05) is 56.0 Å². The van der Waals surface area contributed by atoms with Crippen molar-refractivity contribution in [3.05, 3.63) is 29.2 Å². The van der Waals surface area contributed by atoms with Crippen LogP contribution in [0.3, 0.4) is 0 Å². The lowest BCUT2D eigenvalue weighted by Gasteiger charge is -2.32. The molecule has 1 saturated heterocycles. The zero-order valence-electron chi connectivity index (χ0n) is 16.4. The highest BCUT2D eigenvalue weighted by molar-refractivity contribution is 5.46. The molecule has 2 N–H and O–H groups in total. The topological polar surface area (TPSA) is 81.2 Å². The molecule has 2 aromatic heterocycles. The molecular formula is C20H30N6O. The summed E-state index contributed by atoms with van der Waals surface area (Å²) < 4.78 is 0. The van der Waals surface area contributed by atoms with Crippen LogP contribution in [0, 0.1) is 0 Å². The first kappa shape index (κ1) is 18.2. The van der Waals surface area contributed by atoms with Crippen molar-refractivity contribution in [1.29, 1.82) is 0 Å². The van der Waals surface area contributed by atoms with E-state index in [0.29, 0.717) is 12.5 Å². The largest absolute Gasteiger partial charge is 0.391 e. The third-order valence-corrected chi connectivity index (χ3v) is 5.97. The number of hydrogen-bond donors (Lipinski definition) is 2. The minimum absolute atomic E-state index is 0.261. The van der Waals surface area contributed by atoms with Gasteiger partial charge < -0.3 is 14.9 Å². The van der Waals surface area contributed by atoms with E-state index in [0.717, 1.165) is 63.5 Å². The van der Waals surface area contributed by atoms with Gasteiger partial charge in [-0.2, -0.15) is 10.1 Å². The quantitative estimate of drug-likeness (QED) is 0.842. The van der Waals surface area contributed by atoms with Crippen LogP contribution in [0.2, 0.25) is 0 Å². The summed E-state index contributed by atoms with van der Waals surface area (Å²) in [6.07, 6.45) is 6.62. The molecule has 2 aliphatic heterocycles. The minimum atomic E-state index is -0.261. The van der Waals surface area contributed by atoms with Crippen LogP contribution < -0.4 is 9.80 Å². The van der Waals surface area contributed by atoms with E-state index in [1.165, 1.54) is 17.0 Å². The molecule has 1 fully saturated rings. The van der Waals surface area contributed by atoms with Crippen LogP contribution >= 0.6 is 0 Å². The number of β-amino-alcohol motifs (C(OH)–C–C–N with tert-alkyl or cyclic N) is 1. The van der Waals surface area contributed by atoms with E-state index in [-0.39, 0.29) is 6.10 Å². The van der Waals surface area contributed by atoms with Gasteiger partial charge in [-0.15, -0.1) is 0 Å². The maximum absolute atomic E-state index is 9.97. The monoisotopic (exact) mass is 370 g/mol. The smallest absolute Gasteiger partial charge is 0.227 e. The summed E-state index contributed by atoms with van der Waals surface area (Å²) in [5, 5.41) is 17.9. The Labute approximate surface area is 160 Å². The van der Waals surface area contributed by atoms with Gasteiger partial charge >= 0.3 is 0 Å². The summed E-state index contributed by atoms with van der Waals surface area (Å²) in [4.78, 5) is 13.8. The van der Waals surface area contributed by atoms with Gasteiger partial charge in [-0.05, 0) is 31.7 Å². The van der Waals surface area contributed by atoms with Crippen molar-refractivity contribution in [2.75, 3.05) is 29.4 Å². The number of aliphatic hydroxyl groups excluding tert-OH is 1. The van der Waals surface area contributed by atoms with Crippen LogP contribution in [0.15, 0.2) is 12.3 Å². The van der Waals surface area contributed by atoms with Crippen molar-refractivity contribution in [2.24, 2.45) is 0 Å². The van der Waals surface area contributed by atoms with Gasteiger partial charge in [0.1, 0.15) is 5.82 Å². The van der Waals surface area contributed by atoms with Gasteiger partial charge in [0.2, 0.25) is 5.95 Å². The van der Waals surface area contributed by atoms with E-state index in [4.69, 9.17) is 4.98 Å². The first-order valence-electron chi connectivity index (χ1n) is 10.3. The van der Waals surface area contributed by atoms with Crippen LogP contribution in [0.25, 0.3) is 0 Å². The molecule has 0 radical (unpaired) electrons. The number of hydrogen-bond acceptors (Lipinski definition) is 6. The average molecular weight is 371 g/mol. The van der Waals surface area contributed by atoms with E-state index in [1.807, 2.05) is 12.3 Å². The molecule has 7 heteroatoms. The third kappa shape index (κ3) is 3.65. The number of nitrogens with zero attached hydrogens (tertiary/aromatic N) is 5. The molecule has 1 unspecified atom stereocenters. The zero-order valence-corrected chi connectivity index (χ0v) is 16.4. The summed E-state index contributed by atoms with van der Waals surface area (Å²) in [7, 11) is 0. The fourth-order valence-corrected chi connectivity index (χ4v) is 4.33. The van der Waals surface area contributed by atoms with Gasteiger partial charge in [-0.1, -0.05) is 13.8 Å². The maximum Gasteiger partial charge on any atom is 0.227 e. The van der Waals surface area contributed by atoms with Crippen molar-refractivity contribution in [3.8, 4) is 0 Å². The average Bonchev–Trinajstić information content (AvgIpc) is 3.12. The summed E-state index contributed by atoms with van der Waals surface area (Å²) >= 11 is 0. The molecule has 146 valence electrons. The summed E-state index contributed by atoms with van der Waals surface area (Å²) in [5.74, 6) is 2.19. The third-order valence-electron chi connectivity index (χ3n) is 5.97. The number of aromatic nitrogens is 4. The molecular weight excluding hydrogens is 340 g/mol. The van der Waals surface area contributed by atoms with Gasteiger partial charge in [-0.3, -0.25) is 5.10 Å². The van der Waals surface area contributed by atoms with Crippen LogP contribution in [0.1, 0.15) is 62.4 Å². The fourth-order valence-electron chi connectivity index (χ4n) is 4.33. The van der Waals surface area contributed by atoms with Crippen molar-refractivity contribution >= 4 is 11.8 Å². The molecule has 2 aromatic rings. The normalized spacial score (nSPS) is 20.2. The number of piperidine rings is 1. The molecule has 0 saturated carbocycles. The highest BCUT2D eigenvalue weighted by atomic mass is 16.3. The molecule has 4 heterocycles. The first-order valence-corrected chi connectivity index (χ1v) is 10.3. The summed E-state index contributed by atoms with van der Waals surface area (Å²) in [5.41, 5.74) is 3.82. The van der Waals surface area contributed by atoms with Gasteiger partial charge in [0.25, 0.3) is 0 Å². The second-order valence-electron chi connectivity index (χ2n) is 7.71. The summed E-state index contributed by atoms with van der Waals surface area (Å²) in [6, 6.07) is 1.95. The molecule has 1 atom stereocenters. The lowest BCUT2D eigenvalue weighted by molar-refractivity contribution is 0.154. The Morgan fingerprint density at radius 3 is 2.89 bits per heavy atom. The number of nitrogens with one attached hydrogen (secondary N) is 1. The second-order valence-corrected chi connectivity index (χ2v) is 7.71. The number of aromatic amines is 1. The van der Waals surface area contributed by atoms with E-state index in [9.17, 15) is 5.11 Å². The highest BCUT2D eigenvalue weighted by Crippen LogP contribution is 2.31. The number of fused-ring (bicyclic) bond motifs is 1. The molecule has 27 heavy (non-hydrogen) atoms. The van der Waals surface area contributed by atoms with Crippen molar-refractivity contribution in [1.82, 2.24) is 20.2 Å². The number of anilines is 2. The fraction of sp³-hybridized carbons (Fsp3) is 0.650. The standard InChI is InChI=1S/C20H30N6O/c1-3-14(4-2)19-16-13-26(11-8-17(16)23-24-19)20-21-9-7-18(22-20)25-10-5-6-15(27)12-25/h7,9,14-15,27H,3-6,8,10-13H2,1-2H3,(H,23,24). The lowest BCUT2D eigenvalue weighted by Crippen LogP contribution is -2.39. The molecule has 0 aliphatic carbocycles. The van der Waals surface area contributed by atoms with Crippen LogP contribution in [-0.2, 0) is 13.0 Å². The Morgan fingerprint density at radius 2 is 2.11 bits per heavy atom. The Bertz CT molecular complexity index is 772. The first-order chi connectivity index (χ1) is 13.2. The van der Waals surface area contributed by atoms with E-state index < -0.39 is 0 Å².